The summed E-state index contributed by atoms with van der Waals surface area (Å²) in [6, 6.07) is 13.0. The highest BCUT2D eigenvalue weighted by Gasteiger charge is 2.30. The highest BCUT2D eigenvalue weighted by atomic mass is 19.4. The summed E-state index contributed by atoms with van der Waals surface area (Å²) in [5.41, 5.74) is 3.01. The van der Waals surface area contributed by atoms with Gasteiger partial charge in [-0.3, -0.25) is 10.2 Å². The molecule has 0 atom stereocenters. The number of hydrazine groups is 1. The second-order valence-electron chi connectivity index (χ2n) is 5.83. The molecule has 0 aliphatic heterocycles. The minimum atomic E-state index is -4.55. The maximum absolute atomic E-state index is 12.7. The molecular formula is C19H14F3N3O3. The zero-order valence-electron chi connectivity index (χ0n) is 14.2. The normalized spacial score (nSPS) is 11.1. The van der Waals surface area contributed by atoms with Gasteiger partial charge in [0.15, 0.2) is 0 Å². The Morgan fingerprint density at radius 3 is 2.21 bits per heavy atom. The lowest BCUT2D eigenvalue weighted by molar-refractivity contribution is -0.137. The number of hydrogen-bond donors (Lipinski definition) is 4. The zero-order valence-corrected chi connectivity index (χ0v) is 14.2. The molecule has 9 heteroatoms. The minimum absolute atomic E-state index is 0.0712. The fourth-order valence-corrected chi connectivity index (χ4v) is 2.53. The van der Waals surface area contributed by atoms with Crippen molar-refractivity contribution in [1.29, 1.82) is 0 Å². The summed E-state index contributed by atoms with van der Waals surface area (Å²) in [6.07, 6.45) is -4.55. The van der Waals surface area contributed by atoms with Gasteiger partial charge >= 0.3 is 12.2 Å². The molecule has 0 saturated heterocycles. The first-order chi connectivity index (χ1) is 13.2. The van der Waals surface area contributed by atoms with Gasteiger partial charge in [-0.05, 0) is 41.1 Å². The number of nitrogens with one attached hydrogen (secondary N) is 3. The monoisotopic (exact) mass is 389 g/mol. The Balaban J connectivity index is 1.65. The van der Waals surface area contributed by atoms with Crippen LogP contribution in [-0.4, -0.2) is 17.0 Å². The molecule has 144 valence electrons. The molecule has 3 rings (SSSR count). The largest absolute Gasteiger partial charge is 0.507 e. The van der Waals surface area contributed by atoms with Crippen LogP contribution in [0.4, 0.5) is 23.7 Å². The van der Waals surface area contributed by atoms with Crippen LogP contribution in [0.2, 0.25) is 0 Å². The van der Waals surface area contributed by atoms with E-state index in [2.05, 4.69) is 10.7 Å². The van der Waals surface area contributed by atoms with Crippen LogP contribution >= 0.6 is 0 Å². The van der Waals surface area contributed by atoms with Crippen LogP contribution < -0.4 is 16.2 Å². The highest BCUT2D eigenvalue weighted by molar-refractivity contribution is 6.02. The van der Waals surface area contributed by atoms with Crippen LogP contribution in [0.5, 0.6) is 5.75 Å². The van der Waals surface area contributed by atoms with Crippen molar-refractivity contribution in [2.45, 2.75) is 6.18 Å². The summed E-state index contributed by atoms with van der Waals surface area (Å²) in [5, 5.41) is 13.6. The smallest absolute Gasteiger partial charge is 0.416 e. The molecule has 0 aliphatic carbocycles. The Morgan fingerprint density at radius 1 is 0.857 bits per heavy atom. The number of aromatic hydroxyl groups is 1. The lowest BCUT2D eigenvalue weighted by atomic mass is 10.1. The van der Waals surface area contributed by atoms with Crippen LogP contribution in [0.3, 0.4) is 0 Å². The number of phenolic OH excluding ortho intramolecular Hbond substituents is 1. The standard InChI is InChI=1S/C19H14F3N3O3/c20-19(21,22)13-6-3-7-14(10-13)23-18(28)25-24-17(27)15-8-11-4-1-2-5-12(11)9-16(15)26/h1-10,26H,(H,24,27)(H2,23,25,28). The first kappa shape index (κ1) is 19.0. The summed E-state index contributed by atoms with van der Waals surface area (Å²) < 4.78 is 38.1. The van der Waals surface area contributed by atoms with E-state index >= 15 is 0 Å². The fraction of sp³-hybridized carbons (Fsp3) is 0.0526. The Bertz CT molecular complexity index is 1050. The van der Waals surface area contributed by atoms with Crippen LogP contribution in [-0.2, 0) is 6.18 Å². The van der Waals surface area contributed by atoms with Crippen molar-refractivity contribution in [2.75, 3.05) is 5.32 Å². The van der Waals surface area contributed by atoms with E-state index in [9.17, 15) is 27.9 Å². The summed E-state index contributed by atoms with van der Waals surface area (Å²) >= 11 is 0. The molecule has 3 amide bonds. The van der Waals surface area contributed by atoms with Crippen molar-refractivity contribution >= 4 is 28.4 Å². The Morgan fingerprint density at radius 2 is 1.54 bits per heavy atom. The van der Waals surface area contributed by atoms with E-state index in [1.54, 1.807) is 24.3 Å². The molecule has 0 unspecified atom stereocenters. The van der Waals surface area contributed by atoms with Gasteiger partial charge in [-0.1, -0.05) is 30.3 Å². The molecule has 3 aromatic rings. The van der Waals surface area contributed by atoms with E-state index in [0.29, 0.717) is 5.39 Å². The average molecular weight is 389 g/mol. The van der Waals surface area contributed by atoms with Gasteiger partial charge in [-0.25, -0.2) is 10.2 Å². The topological polar surface area (TPSA) is 90.5 Å². The quantitative estimate of drug-likeness (QED) is 0.499. The van der Waals surface area contributed by atoms with E-state index in [4.69, 9.17) is 0 Å². The van der Waals surface area contributed by atoms with E-state index in [1.807, 2.05) is 5.43 Å². The number of carbonyl (C=O) groups excluding carboxylic acids is 2. The van der Waals surface area contributed by atoms with Crippen LogP contribution in [0.25, 0.3) is 10.8 Å². The zero-order chi connectivity index (χ0) is 20.3. The van der Waals surface area contributed by atoms with Gasteiger partial charge < -0.3 is 10.4 Å². The molecule has 0 fully saturated rings. The molecule has 4 N–H and O–H groups in total. The molecule has 0 spiro atoms. The van der Waals surface area contributed by atoms with Gasteiger partial charge in [0.2, 0.25) is 0 Å². The predicted octanol–water partition coefficient (Wildman–Crippen LogP) is 4.03. The lowest BCUT2D eigenvalue weighted by Crippen LogP contribution is -2.43. The van der Waals surface area contributed by atoms with E-state index in [0.717, 1.165) is 23.6 Å². The van der Waals surface area contributed by atoms with Crippen molar-refractivity contribution in [3.8, 4) is 5.75 Å². The number of benzene rings is 3. The summed E-state index contributed by atoms with van der Waals surface area (Å²) in [6.45, 7) is 0. The number of carbonyl (C=O) groups is 2. The van der Waals surface area contributed by atoms with Crippen molar-refractivity contribution in [1.82, 2.24) is 10.9 Å². The van der Waals surface area contributed by atoms with E-state index < -0.39 is 23.7 Å². The molecule has 0 radical (unpaired) electrons. The van der Waals surface area contributed by atoms with Gasteiger partial charge in [-0.15, -0.1) is 0 Å². The fourth-order valence-electron chi connectivity index (χ4n) is 2.53. The van der Waals surface area contributed by atoms with Crippen LogP contribution in [0.15, 0.2) is 60.7 Å². The number of hydrogen-bond acceptors (Lipinski definition) is 3. The second kappa shape index (κ2) is 7.47. The van der Waals surface area contributed by atoms with Gasteiger partial charge in [0.05, 0.1) is 11.1 Å². The maximum atomic E-state index is 12.7. The van der Waals surface area contributed by atoms with E-state index in [-0.39, 0.29) is 17.0 Å². The van der Waals surface area contributed by atoms with Gasteiger partial charge in [-0.2, -0.15) is 13.2 Å². The number of phenols is 1. The predicted molar refractivity (Wildman–Crippen MR) is 96.7 cm³/mol. The second-order valence-corrected chi connectivity index (χ2v) is 5.83. The van der Waals surface area contributed by atoms with Crippen LogP contribution in [0, 0.1) is 0 Å². The summed E-state index contributed by atoms with van der Waals surface area (Å²) in [5.74, 6) is -1.07. The number of fused-ring (bicyclic) bond motifs is 1. The molecular weight excluding hydrogens is 375 g/mol. The third-order valence-corrected chi connectivity index (χ3v) is 3.85. The highest BCUT2D eigenvalue weighted by Crippen LogP contribution is 2.30. The van der Waals surface area contributed by atoms with Crippen molar-refractivity contribution < 1.29 is 27.9 Å². The summed E-state index contributed by atoms with van der Waals surface area (Å²) in [4.78, 5) is 24.0. The van der Waals surface area contributed by atoms with Crippen molar-refractivity contribution in [3.63, 3.8) is 0 Å². The Kier molecular flexibility index (Phi) is 5.08. The molecule has 0 aromatic heterocycles. The third kappa shape index (κ3) is 4.32. The first-order valence-corrected chi connectivity index (χ1v) is 8.00. The Hall–Kier alpha value is -3.75. The number of anilines is 1. The number of alkyl halides is 3. The molecule has 0 aliphatic rings. The number of halogens is 3. The molecule has 0 bridgehead atoms. The minimum Gasteiger partial charge on any atom is -0.507 e. The number of rotatable bonds is 2. The lowest BCUT2D eigenvalue weighted by Gasteiger charge is -2.12. The molecule has 0 heterocycles. The molecule has 3 aromatic carbocycles. The van der Waals surface area contributed by atoms with Gasteiger partial charge in [0.1, 0.15) is 5.75 Å². The van der Waals surface area contributed by atoms with E-state index in [1.165, 1.54) is 18.2 Å². The molecule has 28 heavy (non-hydrogen) atoms. The number of urea groups is 1. The van der Waals surface area contributed by atoms with Crippen LogP contribution in [0.1, 0.15) is 15.9 Å². The van der Waals surface area contributed by atoms with Crippen molar-refractivity contribution in [3.05, 3.63) is 71.8 Å². The SMILES string of the molecule is O=C(NNC(=O)c1cc2ccccc2cc1O)Nc1cccc(C(F)(F)F)c1. The Labute approximate surface area is 156 Å². The first-order valence-electron chi connectivity index (χ1n) is 8.00. The average Bonchev–Trinajstić information content (AvgIpc) is 2.65. The van der Waals surface area contributed by atoms with Gasteiger partial charge in [0.25, 0.3) is 5.91 Å². The number of amides is 3. The molecule has 6 nitrogen and oxygen atoms in total. The summed E-state index contributed by atoms with van der Waals surface area (Å²) in [7, 11) is 0. The maximum Gasteiger partial charge on any atom is 0.416 e. The van der Waals surface area contributed by atoms with Gasteiger partial charge in [0, 0.05) is 5.69 Å². The van der Waals surface area contributed by atoms with Crippen molar-refractivity contribution in [2.24, 2.45) is 0 Å². The third-order valence-electron chi connectivity index (χ3n) is 3.85. The molecule has 0 saturated carbocycles.